The molecule has 1 heteroatoms. The first-order valence-electron chi connectivity index (χ1n) is 3.36. The first-order valence-corrected chi connectivity index (χ1v) is 3.36. The van der Waals surface area contributed by atoms with Crippen LogP contribution in [0.5, 0.6) is 0 Å². The Hall–Kier alpha value is -1.42. The van der Waals surface area contributed by atoms with Crippen LogP contribution in [-0.2, 0) is 11.3 Å². The lowest BCUT2D eigenvalue weighted by Gasteiger charge is -1.96. The maximum Gasteiger partial charge on any atom is 0.125 e. The molecule has 0 fully saturated rings. The molecule has 0 heterocycles. The van der Waals surface area contributed by atoms with E-state index in [1.165, 1.54) is 0 Å². The van der Waals surface area contributed by atoms with Gasteiger partial charge in [-0.05, 0) is 5.56 Å². The van der Waals surface area contributed by atoms with Crippen molar-refractivity contribution < 1.29 is 4.74 Å². The van der Waals surface area contributed by atoms with Crippen LogP contribution in [0.3, 0.4) is 0 Å². The Morgan fingerprint density at radius 2 is 2.00 bits per heavy atom. The lowest BCUT2D eigenvalue weighted by atomic mass is 10.2. The zero-order valence-electron chi connectivity index (χ0n) is 6.21. The van der Waals surface area contributed by atoms with Crippen molar-refractivity contribution in [3.8, 4) is 12.0 Å². The summed E-state index contributed by atoms with van der Waals surface area (Å²) in [7, 11) is 0. The smallest absolute Gasteiger partial charge is 0.125 e. The molecule has 0 atom stereocenters. The van der Waals surface area contributed by atoms with Crippen LogP contribution in [0.15, 0.2) is 30.3 Å². The summed E-state index contributed by atoms with van der Waals surface area (Å²) in [6.07, 6.45) is 2.44. The summed E-state index contributed by atoms with van der Waals surface area (Å²) >= 11 is 0. The molecule has 55 valence electrons. The second-order valence-electron chi connectivity index (χ2n) is 2.05. The second kappa shape index (κ2) is 4.40. The standard InChI is InChI=1S/C10H9O/c1-2-8-11-9-10-6-4-3-5-7-10/h3-7H,1,9H2. The molecule has 0 aliphatic carbocycles. The summed E-state index contributed by atoms with van der Waals surface area (Å²) in [6.45, 7) is 3.86. The van der Waals surface area contributed by atoms with Crippen LogP contribution < -0.4 is 0 Å². The molecule has 0 spiro atoms. The highest BCUT2D eigenvalue weighted by Crippen LogP contribution is 1.98. The number of hydrogen-bond acceptors (Lipinski definition) is 1. The van der Waals surface area contributed by atoms with Crippen molar-refractivity contribution in [3.63, 3.8) is 0 Å². The molecule has 1 radical (unpaired) electrons. The number of benzene rings is 1. The van der Waals surface area contributed by atoms with Crippen molar-refractivity contribution in [2.24, 2.45) is 0 Å². The predicted octanol–water partition coefficient (Wildman–Crippen LogP) is 2.00. The number of hydrogen-bond donors (Lipinski definition) is 0. The van der Waals surface area contributed by atoms with E-state index in [0.717, 1.165) is 5.56 Å². The summed E-state index contributed by atoms with van der Waals surface area (Å²) in [4.78, 5) is 0. The molecule has 0 aliphatic heterocycles. The molecule has 1 aromatic carbocycles. The number of rotatable bonds is 2. The largest absolute Gasteiger partial charge is 0.442 e. The normalized spacial score (nSPS) is 8.09. The van der Waals surface area contributed by atoms with Gasteiger partial charge >= 0.3 is 0 Å². The quantitative estimate of drug-likeness (QED) is 0.578. The average molecular weight is 145 g/mol. The minimum Gasteiger partial charge on any atom is -0.442 e. The SMILES string of the molecule is [CH2]C#COCc1ccccc1. The average Bonchev–Trinajstić information content (AvgIpc) is 2.07. The van der Waals surface area contributed by atoms with Crippen molar-refractivity contribution in [3.05, 3.63) is 42.8 Å². The lowest BCUT2D eigenvalue weighted by Crippen LogP contribution is -1.84. The molecule has 0 saturated heterocycles. The van der Waals surface area contributed by atoms with E-state index in [1.807, 2.05) is 30.3 Å². The van der Waals surface area contributed by atoms with Gasteiger partial charge in [-0.3, -0.25) is 0 Å². The zero-order valence-corrected chi connectivity index (χ0v) is 6.21. The van der Waals surface area contributed by atoms with Gasteiger partial charge in [0.1, 0.15) is 12.7 Å². The topological polar surface area (TPSA) is 9.23 Å². The fourth-order valence-corrected chi connectivity index (χ4v) is 0.745. The van der Waals surface area contributed by atoms with Gasteiger partial charge in [-0.15, -0.1) is 0 Å². The molecular formula is C10H9O. The van der Waals surface area contributed by atoms with Crippen molar-refractivity contribution in [1.82, 2.24) is 0 Å². The molecule has 0 N–H and O–H groups in total. The van der Waals surface area contributed by atoms with E-state index in [1.54, 1.807) is 0 Å². The number of ether oxygens (including phenoxy) is 1. The van der Waals surface area contributed by atoms with E-state index in [9.17, 15) is 0 Å². The monoisotopic (exact) mass is 145 g/mol. The lowest BCUT2D eigenvalue weighted by molar-refractivity contribution is 0.265. The maximum absolute atomic E-state index is 4.95. The van der Waals surface area contributed by atoms with Gasteiger partial charge in [-0.1, -0.05) is 36.3 Å². The van der Waals surface area contributed by atoms with Gasteiger partial charge in [-0.25, -0.2) is 0 Å². The van der Waals surface area contributed by atoms with Gasteiger partial charge < -0.3 is 4.74 Å². The van der Waals surface area contributed by atoms with E-state index < -0.39 is 0 Å². The van der Waals surface area contributed by atoms with Gasteiger partial charge in [0.25, 0.3) is 0 Å². The molecule has 0 unspecified atom stereocenters. The Morgan fingerprint density at radius 3 is 2.64 bits per heavy atom. The van der Waals surface area contributed by atoms with E-state index in [4.69, 9.17) is 4.74 Å². The Bertz CT molecular complexity index is 253. The van der Waals surface area contributed by atoms with E-state index in [0.29, 0.717) is 6.61 Å². The van der Waals surface area contributed by atoms with Crippen LogP contribution in [-0.4, -0.2) is 0 Å². The summed E-state index contributed by atoms with van der Waals surface area (Å²) in [5, 5.41) is 0. The molecule has 0 amide bonds. The van der Waals surface area contributed by atoms with Crippen LogP contribution in [0.2, 0.25) is 0 Å². The zero-order chi connectivity index (χ0) is 7.94. The molecule has 0 aliphatic rings. The molecule has 0 bridgehead atoms. The van der Waals surface area contributed by atoms with Crippen molar-refractivity contribution in [2.75, 3.05) is 0 Å². The molecule has 1 nitrogen and oxygen atoms in total. The van der Waals surface area contributed by atoms with Crippen LogP contribution in [0.25, 0.3) is 0 Å². The van der Waals surface area contributed by atoms with Crippen LogP contribution in [0.4, 0.5) is 0 Å². The third-order valence-corrected chi connectivity index (χ3v) is 1.23. The molecule has 1 aromatic rings. The fraction of sp³-hybridized carbons (Fsp3) is 0.100. The first kappa shape index (κ1) is 7.68. The Balaban J connectivity index is 2.43. The van der Waals surface area contributed by atoms with E-state index >= 15 is 0 Å². The maximum atomic E-state index is 4.95. The molecule has 0 aromatic heterocycles. The highest BCUT2D eigenvalue weighted by atomic mass is 16.5. The third kappa shape index (κ3) is 2.77. The second-order valence-corrected chi connectivity index (χ2v) is 2.05. The molecule has 1 rings (SSSR count). The third-order valence-electron chi connectivity index (χ3n) is 1.23. The van der Waals surface area contributed by atoms with Crippen LogP contribution in [0, 0.1) is 19.0 Å². The van der Waals surface area contributed by atoms with Gasteiger partial charge in [0, 0.05) is 6.92 Å². The van der Waals surface area contributed by atoms with E-state index in [2.05, 4.69) is 19.0 Å². The van der Waals surface area contributed by atoms with E-state index in [-0.39, 0.29) is 0 Å². The molecule has 0 saturated carbocycles. The van der Waals surface area contributed by atoms with Crippen molar-refractivity contribution >= 4 is 0 Å². The van der Waals surface area contributed by atoms with Gasteiger partial charge in [0.2, 0.25) is 0 Å². The predicted molar refractivity (Wildman–Crippen MR) is 44.4 cm³/mol. The minimum atomic E-state index is 0.531. The van der Waals surface area contributed by atoms with Crippen molar-refractivity contribution in [1.29, 1.82) is 0 Å². The summed E-state index contributed by atoms with van der Waals surface area (Å²) in [6, 6.07) is 9.89. The highest BCUT2D eigenvalue weighted by Gasteiger charge is 1.86. The van der Waals surface area contributed by atoms with Crippen LogP contribution in [0.1, 0.15) is 5.56 Å². The fourth-order valence-electron chi connectivity index (χ4n) is 0.745. The Kier molecular flexibility index (Phi) is 3.08. The first-order chi connectivity index (χ1) is 5.43. The minimum absolute atomic E-state index is 0.531. The van der Waals surface area contributed by atoms with Crippen molar-refractivity contribution in [2.45, 2.75) is 6.61 Å². The Morgan fingerprint density at radius 1 is 1.27 bits per heavy atom. The molecular weight excluding hydrogens is 136 g/mol. The van der Waals surface area contributed by atoms with Gasteiger partial charge in [-0.2, -0.15) is 0 Å². The summed E-state index contributed by atoms with van der Waals surface area (Å²) in [5.41, 5.74) is 1.12. The summed E-state index contributed by atoms with van der Waals surface area (Å²) < 4.78 is 4.95. The molecule has 11 heavy (non-hydrogen) atoms. The Labute approximate surface area is 67.0 Å². The van der Waals surface area contributed by atoms with Gasteiger partial charge in [0.05, 0.1) is 0 Å². The summed E-state index contributed by atoms with van der Waals surface area (Å²) in [5.74, 6) is 2.42. The van der Waals surface area contributed by atoms with Crippen LogP contribution >= 0.6 is 0 Å². The highest BCUT2D eigenvalue weighted by molar-refractivity contribution is 5.13. The van der Waals surface area contributed by atoms with Gasteiger partial charge in [0.15, 0.2) is 0 Å².